The van der Waals surface area contributed by atoms with Crippen molar-refractivity contribution < 1.29 is 19.2 Å². The number of carbonyl (C=O) groups excluding carboxylic acids is 4. The smallest absolute Gasteiger partial charge is 0.243 e. The van der Waals surface area contributed by atoms with E-state index in [1.54, 1.807) is 10.8 Å². The van der Waals surface area contributed by atoms with Crippen LogP contribution in [-0.2, 0) is 19.2 Å². The molecule has 0 spiro atoms. The Morgan fingerprint density at radius 1 is 0.286 bits per heavy atom. The molecule has 0 aliphatic rings. The zero-order chi connectivity index (χ0) is 61.0. The number of nitrogens with one attached hydrogen (secondary N) is 3. The number of Topliss-reactive ketones (excluding diaryl/α,β-unsaturated/α-hetero) is 1. The Bertz CT molecular complexity index is 1350. The standard InChI is InChI=1S/C75H143N3O4S2/c1-5-9-13-17-21-25-29-33-37-40-44-48-52-56-60-64-72(79)70(77-73(80)65-61-57-53-49-45-41-38-34-30-26-22-18-14-10-6-2)68-83-84-69-71(75(82)76-67-63-59-55-51-47-43-36-32-28-24-20-16-12-8-4)78-74(81)66-62-58-54-50-46-42-39-35-31-27-23-19-15-11-7-3/h34-35,38-39,70-71H,5-33,36-37,40-69H2,1-4H3,(H,76,82)(H,77,80)(H,78,81)/b38-34+,39-35+. The highest BCUT2D eigenvalue weighted by Gasteiger charge is 2.24. The molecule has 3 amide bonds. The molecule has 2 atom stereocenters. The van der Waals surface area contributed by atoms with E-state index < -0.39 is 12.1 Å². The van der Waals surface area contributed by atoms with Crippen molar-refractivity contribution in [3.63, 3.8) is 0 Å². The molecule has 494 valence electrons. The van der Waals surface area contributed by atoms with E-state index >= 15 is 0 Å². The second kappa shape index (κ2) is 70.3. The van der Waals surface area contributed by atoms with E-state index in [4.69, 9.17) is 0 Å². The van der Waals surface area contributed by atoms with Gasteiger partial charge in [0, 0.05) is 37.3 Å². The average molecular weight is 1220 g/mol. The number of rotatable bonds is 70. The molecule has 0 rings (SSSR count). The van der Waals surface area contributed by atoms with Crippen LogP contribution in [0.5, 0.6) is 0 Å². The summed E-state index contributed by atoms with van der Waals surface area (Å²) in [5.74, 6) is 0.773. The Kier molecular flexibility index (Phi) is 68.9. The molecule has 0 heterocycles. The van der Waals surface area contributed by atoms with Crippen molar-refractivity contribution >= 4 is 45.1 Å². The van der Waals surface area contributed by atoms with Crippen LogP contribution in [0.3, 0.4) is 0 Å². The number of unbranched alkanes of at least 4 members (excludes halogenated alkanes) is 49. The molecule has 9 heteroatoms. The van der Waals surface area contributed by atoms with Gasteiger partial charge in [0.25, 0.3) is 0 Å². The van der Waals surface area contributed by atoms with Crippen molar-refractivity contribution in [1.82, 2.24) is 16.0 Å². The number of amides is 3. The lowest BCUT2D eigenvalue weighted by Gasteiger charge is -2.20. The molecule has 0 aromatic heterocycles. The van der Waals surface area contributed by atoms with Gasteiger partial charge in [-0.05, 0) is 77.0 Å². The summed E-state index contributed by atoms with van der Waals surface area (Å²) in [5.41, 5.74) is 0. The molecule has 0 aliphatic carbocycles. The number of hydrogen-bond donors (Lipinski definition) is 3. The van der Waals surface area contributed by atoms with Gasteiger partial charge in [0.15, 0.2) is 5.78 Å². The van der Waals surface area contributed by atoms with Gasteiger partial charge in [-0.15, -0.1) is 0 Å². The number of ketones is 1. The first kappa shape index (κ1) is 82.3. The summed E-state index contributed by atoms with van der Waals surface area (Å²) < 4.78 is 0. The van der Waals surface area contributed by atoms with Crippen LogP contribution in [0.1, 0.15) is 400 Å². The minimum absolute atomic E-state index is 0.0308. The maximum absolute atomic E-state index is 13.8. The summed E-state index contributed by atoms with van der Waals surface area (Å²) >= 11 is 0. The Balaban J connectivity index is 5.22. The normalized spacial score (nSPS) is 12.4. The van der Waals surface area contributed by atoms with Crippen LogP contribution in [0, 0.1) is 0 Å². The molecular formula is C75H143N3O4S2. The van der Waals surface area contributed by atoms with E-state index in [1.807, 2.05) is 0 Å². The van der Waals surface area contributed by atoms with Gasteiger partial charge in [-0.1, -0.05) is 350 Å². The summed E-state index contributed by atoms with van der Waals surface area (Å²) in [6.45, 7) is 9.73. The molecule has 0 aromatic rings. The Morgan fingerprint density at radius 2 is 0.524 bits per heavy atom. The largest absolute Gasteiger partial charge is 0.354 e. The molecular weight excluding hydrogens is 1070 g/mol. The molecule has 0 radical (unpaired) electrons. The number of carbonyl (C=O) groups is 4. The van der Waals surface area contributed by atoms with Gasteiger partial charge in [-0.3, -0.25) is 19.2 Å². The van der Waals surface area contributed by atoms with Gasteiger partial charge >= 0.3 is 0 Å². The van der Waals surface area contributed by atoms with E-state index in [0.717, 1.165) is 83.5 Å². The van der Waals surface area contributed by atoms with Crippen LogP contribution in [-0.4, -0.2) is 53.6 Å². The quantitative estimate of drug-likeness (QED) is 0.0318. The summed E-state index contributed by atoms with van der Waals surface area (Å²) in [6, 6.07) is -1.19. The third-order valence-electron chi connectivity index (χ3n) is 17.1. The fourth-order valence-electron chi connectivity index (χ4n) is 11.4. The van der Waals surface area contributed by atoms with Gasteiger partial charge in [0.2, 0.25) is 17.7 Å². The van der Waals surface area contributed by atoms with Crippen molar-refractivity contribution in [2.45, 2.75) is 412 Å². The summed E-state index contributed by atoms with van der Waals surface area (Å²) in [5, 5.41) is 9.44. The molecule has 3 N–H and O–H groups in total. The number of hydrogen-bond acceptors (Lipinski definition) is 6. The van der Waals surface area contributed by atoms with Crippen molar-refractivity contribution in [1.29, 1.82) is 0 Å². The predicted octanol–water partition coefficient (Wildman–Crippen LogP) is 23.8. The second-order valence-electron chi connectivity index (χ2n) is 25.5. The van der Waals surface area contributed by atoms with E-state index in [2.05, 4.69) is 67.9 Å². The van der Waals surface area contributed by atoms with Crippen LogP contribution in [0.15, 0.2) is 24.3 Å². The first-order valence-electron chi connectivity index (χ1n) is 37.3. The van der Waals surface area contributed by atoms with Crippen LogP contribution in [0.4, 0.5) is 0 Å². The minimum atomic E-state index is -0.644. The van der Waals surface area contributed by atoms with Gasteiger partial charge in [0.05, 0.1) is 6.04 Å². The SMILES string of the molecule is CCCCCCCC/C=C/CCCCCCCC(=O)NC(CSSCC(NC(=O)CCCCCCC/C=C/CCCCCCCC)C(=O)NCCCCCCCCCCCCCCCC)C(=O)CCCCCCCCCCCCCCCCC. The van der Waals surface area contributed by atoms with Crippen molar-refractivity contribution in [2.24, 2.45) is 0 Å². The average Bonchev–Trinajstić information content (AvgIpc) is 3.49. The first-order chi connectivity index (χ1) is 41.4. The molecule has 0 saturated heterocycles. The highest BCUT2D eigenvalue weighted by atomic mass is 33.1. The van der Waals surface area contributed by atoms with Gasteiger partial charge < -0.3 is 16.0 Å². The van der Waals surface area contributed by atoms with E-state index in [9.17, 15) is 19.2 Å². The topological polar surface area (TPSA) is 104 Å². The molecule has 7 nitrogen and oxygen atoms in total. The van der Waals surface area contributed by atoms with Crippen molar-refractivity contribution in [3.8, 4) is 0 Å². The minimum Gasteiger partial charge on any atom is -0.354 e. The van der Waals surface area contributed by atoms with Gasteiger partial charge in [-0.25, -0.2) is 0 Å². The molecule has 0 aliphatic heterocycles. The Morgan fingerprint density at radius 3 is 0.833 bits per heavy atom. The highest BCUT2D eigenvalue weighted by Crippen LogP contribution is 2.25. The molecule has 0 saturated carbocycles. The lowest BCUT2D eigenvalue weighted by Crippen LogP contribution is -2.48. The van der Waals surface area contributed by atoms with Crippen LogP contribution in [0.25, 0.3) is 0 Å². The second-order valence-corrected chi connectivity index (χ2v) is 28.1. The van der Waals surface area contributed by atoms with E-state index in [1.165, 1.54) is 280 Å². The molecule has 2 unspecified atom stereocenters. The fraction of sp³-hybridized carbons (Fsp3) is 0.893. The molecule has 0 bridgehead atoms. The van der Waals surface area contributed by atoms with Crippen molar-refractivity contribution in [2.75, 3.05) is 18.1 Å². The molecule has 0 aromatic carbocycles. The third-order valence-corrected chi connectivity index (χ3v) is 19.5. The molecule has 84 heavy (non-hydrogen) atoms. The zero-order valence-electron chi connectivity index (χ0n) is 56.5. The Hall–Kier alpha value is -1.74. The highest BCUT2D eigenvalue weighted by molar-refractivity contribution is 8.76. The lowest BCUT2D eigenvalue weighted by molar-refractivity contribution is -0.128. The zero-order valence-corrected chi connectivity index (χ0v) is 58.2. The number of allylic oxidation sites excluding steroid dienone is 4. The molecule has 0 fully saturated rings. The Labute approximate surface area is 531 Å². The van der Waals surface area contributed by atoms with E-state index in [-0.39, 0.29) is 23.5 Å². The van der Waals surface area contributed by atoms with Gasteiger partial charge in [0.1, 0.15) is 6.04 Å². The third kappa shape index (κ3) is 63.3. The predicted molar refractivity (Wildman–Crippen MR) is 376 cm³/mol. The summed E-state index contributed by atoms with van der Waals surface area (Å²) in [6.07, 6.45) is 79.8. The van der Waals surface area contributed by atoms with Crippen LogP contribution < -0.4 is 16.0 Å². The maximum Gasteiger partial charge on any atom is 0.243 e. The first-order valence-corrected chi connectivity index (χ1v) is 39.8. The summed E-state index contributed by atoms with van der Waals surface area (Å²) in [4.78, 5) is 54.4. The van der Waals surface area contributed by atoms with E-state index in [0.29, 0.717) is 37.3 Å². The van der Waals surface area contributed by atoms with Gasteiger partial charge in [-0.2, -0.15) is 0 Å². The monoisotopic (exact) mass is 1210 g/mol. The van der Waals surface area contributed by atoms with Crippen LogP contribution in [0.2, 0.25) is 0 Å². The maximum atomic E-state index is 13.8. The van der Waals surface area contributed by atoms with Crippen molar-refractivity contribution in [3.05, 3.63) is 24.3 Å². The lowest BCUT2D eigenvalue weighted by atomic mass is 10.0. The fourth-order valence-corrected chi connectivity index (χ4v) is 13.7. The summed E-state index contributed by atoms with van der Waals surface area (Å²) in [7, 11) is 3.08. The van der Waals surface area contributed by atoms with Crippen LogP contribution >= 0.6 is 21.6 Å².